The van der Waals surface area contributed by atoms with Crippen LogP contribution in [0.4, 0.5) is 5.13 Å². The van der Waals surface area contributed by atoms with Crippen molar-refractivity contribution < 1.29 is 9.53 Å². The van der Waals surface area contributed by atoms with Gasteiger partial charge in [-0.1, -0.05) is 70.9 Å². The quantitative estimate of drug-likeness (QED) is 0.473. The molecule has 4 rings (SSSR count). The topological polar surface area (TPSA) is 54.5 Å². The lowest BCUT2D eigenvalue weighted by molar-refractivity contribution is -0.111. The Morgan fingerprint density at radius 3 is 2.65 bits per heavy atom. The van der Waals surface area contributed by atoms with Gasteiger partial charge in [0.15, 0.2) is 5.13 Å². The number of anilines is 1. The van der Waals surface area contributed by atoms with Crippen molar-refractivity contribution >= 4 is 51.7 Å². The number of carbonyl (C=O) groups is 1. The molecule has 1 amide bonds. The van der Waals surface area contributed by atoms with Crippen LogP contribution in [0.25, 0.3) is 17.3 Å². The predicted octanol–water partition coefficient (Wildman–Crippen LogP) is 5.60. The zero-order valence-electron chi connectivity index (χ0n) is 16.7. The summed E-state index contributed by atoms with van der Waals surface area (Å²) in [6.07, 6.45) is 3.16. The molecule has 0 unspecified atom stereocenters. The minimum atomic E-state index is -0.252. The van der Waals surface area contributed by atoms with Crippen LogP contribution in [0.15, 0.2) is 54.6 Å². The summed E-state index contributed by atoms with van der Waals surface area (Å²) in [5, 5.41) is 4.39. The lowest BCUT2D eigenvalue weighted by Gasteiger charge is -2.26. The summed E-state index contributed by atoms with van der Waals surface area (Å²) < 4.78 is 5.45. The Kier molecular flexibility index (Phi) is 7.37. The monoisotopic (exact) mass is 473 g/mol. The minimum absolute atomic E-state index is 0.252. The van der Waals surface area contributed by atoms with Crippen molar-refractivity contribution in [3.63, 3.8) is 0 Å². The number of thiazole rings is 1. The summed E-state index contributed by atoms with van der Waals surface area (Å²) in [5.74, 6) is -0.252. The molecule has 0 bridgehead atoms. The highest BCUT2D eigenvalue weighted by molar-refractivity contribution is 7.16. The van der Waals surface area contributed by atoms with Gasteiger partial charge in [-0.25, -0.2) is 4.98 Å². The van der Waals surface area contributed by atoms with Crippen molar-refractivity contribution in [2.24, 2.45) is 0 Å². The molecule has 5 nitrogen and oxygen atoms in total. The molecule has 0 spiro atoms. The molecular weight excluding hydrogens is 453 g/mol. The Labute approximate surface area is 195 Å². The molecule has 0 atom stereocenters. The highest BCUT2D eigenvalue weighted by Crippen LogP contribution is 2.32. The highest BCUT2D eigenvalue weighted by atomic mass is 35.5. The van der Waals surface area contributed by atoms with Gasteiger partial charge in [0.05, 0.1) is 29.0 Å². The number of halogens is 2. The largest absolute Gasteiger partial charge is 0.379 e. The number of carbonyl (C=O) groups excluding carboxylic acids is 1. The van der Waals surface area contributed by atoms with Crippen LogP contribution in [0.1, 0.15) is 10.4 Å². The number of aromatic nitrogens is 1. The Hall–Kier alpha value is -2.22. The van der Waals surface area contributed by atoms with Gasteiger partial charge < -0.3 is 4.74 Å². The number of hydrogen-bond donors (Lipinski definition) is 1. The van der Waals surface area contributed by atoms with E-state index in [1.54, 1.807) is 24.3 Å². The first-order chi connectivity index (χ1) is 15.1. The fraction of sp³-hybridized carbons (Fsp3) is 0.217. The van der Waals surface area contributed by atoms with E-state index in [-0.39, 0.29) is 5.91 Å². The molecule has 1 fully saturated rings. The summed E-state index contributed by atoms with van der Waals surface area (Å²) >= 11 is 13.5. The number of rotatable bonds is 6. The van der Waals surface area contributed by atoms with Crippen molar-refractivity contribution in [2.45, 2.75) is 6.54 Å². The average Bonchev–Trinajstić information content (AvgIpc) is 3.18. The molecule has 1 aliphatic heterocycles. The van der Waals surface area contributed by atoms with E-state index in [1.807, 2.05) is 30.3 Å². The molecule has 1 aromatic heterocycles. The van der Waals surface area contributed by atoms with E-state index < -0.39 is 0 Å². The first-order valence-electron chi connectivity index (χ1n) is 9.88. The normalized spacial score (nSPS) is 14.8. The first-order valence-corrected chi connectivity index (χ1v) is 11.4. The van der Waals surface area contributed by atoms with Gasteiger partial charge in [-0.05, 0) is 23.8 Å². The molecule has 1 saturated heterocycles. The smallest absolute Gasteiger partial charge is 0.250 e. The summed E-state index contributed by atoms with van der Waals surface area (Å²) in [7, 11) is 0. The maximum absolute atomic E-state index is 12.5. The summed E-state index contributed by atoms with van der Waals surface area (Å²) in [6.45, 7) is 4.03. The van der Waals surface area contributed by atoms with Crippen LogP contribution < -0.4 is 5.32 Å². The van der Waals surface area contributed by atoms with Crippen LogP contribution in [0.2, 0.25) is 10.0 Å². The Balaban J connectivity index is 1.51. The van der Waals surface area contributed by atoms with Crippen molar-refractivity contribution in [1.29, 1.82) is 0 Å². The van der Waals surface area contributed by atoms with Gasteiger partial charge in [0.25, 0.3) is 0 Å². The number of nitrogens with zero attached hydrogens (tertiary/aromatic N) is 2. The van der Waals surface area contributed by atoms with E-state index in [4.69, 9.17) is 32.9 Å². The third kappa shape index (κ3) is 5.93. The van der Waals surface area contributed by atoms with E-state index in [0.717, 1.165) is 54.5 Å². The third-order valence-electron chi connectivity index (χ3n) is 4.82. The molecule has 8 heteroatoms. The van der Waals surface area contributed by atoms with E-state index in [2.05, 4.69) is 10.2 Å². The Morgan fingerprint density at radius 2 is 1.90 bits per heavy atom. The molecular formula is C23H21Cl2N3O2S. The van der Waals surface area contributed by atoms with Crippen molar-refractivity contribution in [3.05, 3.63) is 75.1 Å². The number of amides is 1. The molecule has 0 aliphatic carbocycles. The molecule has 2 heterocycles. The molecule has 160 valence electrons. The maximum Gasteiger partial charge on any atom is 0.250 e. The Bertz CT molecular complexity index is 1080. The maximum atomic E-state index is 12.5. The van der Waals surface area contributed by atoms with Crippen molar-refractivity contribution in [2.75, 3.05) is 31.6 Å². The second kappa shape index (κ2) is 10.4. The van der Waals surface area contributed by atoms with Crippen molar-refractivity contribution in [3.8, 4) is 11.3 Å². The van der Waals surface area contributed by atoms with Crippen LogP contribution in [-0.4, -0.2) is 42.1 Å². The van der Waals surface area contributed by atoms with Gasteiger partial charge in [0.1, 0.15) is 0 Å². The van der Waals surface area contributed by atoms with Crippen LogP contribution >= 0.6 is 34.5 Å². The first kappa shape index (κ1) is 22.0. The summed E-state index contributed by atoms with van der Waals surface area (Å²) in [4.78, 5) is 20.7. The lowest BCUT2D eigenvalue weighted by atomic mass is 10.1. The summed E-state index contributed by atoms with van der Waals surface area (Å²) in [6, 6.07) is 15.2. The predicted molar refractivity (Wildman–Crippen MR) is 128 cm³/mol. The summed E-state index contributed by atoms with van der Waals surface area (Å²) in [5.41, 5.74) is 2.73. The zero-order chi connectivity index (χ0) is 21.6. The minimum Gasteiger partial charge on any atom is -0.379 e. The fourth-order valence-electron chi connectivity index (χ4n) is 3.23. The second-order valence-corrected chi connectivity index (χ2v) is 8.94. The van der Waals surface area contributed by atoms with Gasteiger partial charge in [-0.15, -0.1) is 0 Å². The van der Waals surface area contributed by atoms with Crippen LogP contribution in [0, 0.1) is 0 Å². The van der Waals surface area contributed by atoms with Gasteiger partial charge in [-0.2, -0.15) is 0 Å². The molecule has 1 N–H and O–H groups in total. The number of ether oxygens (including phenoxy) is 1. The molecule has 0 radical (unpaired) electrons. The number of hydrogen-bond acceptors (Lipinski definition) is 5. The zero-order valence-corrected chi connectivity index (χ0v) is 19.0. The molecule has 2 aromatic carbocycles. The van der Waals surface area contributed by atoms with Crippen LogP contribution in [-0.2, 0) is 16.1 Å². The lowest BCUT2D eigenvalue weighted by Crippen LogP contribution is -2.35. The van der Waals surface area contributed by atoms with Gasteiger partial charge in [0.2, 0.25) is 5.91 Å². The standard InChI is InChI=1S/C23H21Cl2N3O2S/c24-18-8-6-16(14-19(18)25)7-9-21(29)26-23-27-22(17-4-2-1-3-5-17)20(31-23)15-28-10-12-30-13-11-28/h1-9,14H,10-13,15H2,(H,26,27,29)/b9-7+. The second-order valence-electron chi connectivity index (χ2n) is 7.04. The third-order valence-corrected chi connectivity index (χ3v) is 6.51. The fourth-order valence-corrected chi connectivity index (χ4v) is 4.57. The molecule has 1 aliphatic rings. The molecule has 3 aromatic rings. The van der Waals surface area contributed by atoms with E-state index in [9.17, 15) is 4.79 Å². The van der Waals surface area contributed by atoms with Gasteiger partial charge in [0, 0.05) is 36.2 Å². The van der Waals surface area contributed by atoms with E-state index in [0.29, 0.717) is 15.2 Å². The highest BCUT2D eigenvalue weighted by Gasteiger charge is 2.18. The number of benzene rings is 2. The van der Waals surface area contributed by atoms with Gasteiger partial charge in [-0.3, -0.25) is 15.0 Å². The van der Waals surface area contributed by atoms with Crippen LogP contribution in [0.5, 0.6) is 0 Å². The SMILES string of the molecule is O=C(/C=C/c1ccc(Cl)c(Cl)c1)Nc1nc(-c2ccccc2)c(CN2CCOCC2)s1. The molecule has 0 saturated carbocycles. The van der Waals surface area contributed by atoms with E-state index >= 15 is 0 Å². The van der Waals surface area contributed by atoms with Crippen molar-refractivity contribution in [1.82, 2.24) is 9.88 Å². The van der Waals surface area contributed by atoms with Gasteiger partial charge >= 0.3 is 0 Å². The van der Waals surface area contributed by atoms with E-state index in [1.165, 1.54) is 17.4 Å². The number of morpholine rings is 1. The van der Waals surface area contributed by atoms with Crippen LogP contribution in [0.3, 0.4) is 0 Å². The number of nitrogens with one attached hydrogen (secondary N) is 1. The molecule has 31 heavy (non-hydrogen) atoms. The Morgan fingerprint density at radius 1 is 1.13 bits per heavy atom. The average molecular weight is 474 g/mol.